The van der Waals surface area contributed by atoms with E-state index in [9.17, 15) is 0 Å². The van der Waals surface area contributed by atoms with Crippen LogP contribution < -0.4 is 5.48 Å². The van der Waals surface area contributed by atoms with Gasteiger partial charge in [-0.3, -0.25) is 4.84 Å². The lowest BCUT2D eigenvalue weighted by Crippen LogP contribution is -2.25. The molecule has 2 nitrogen and oxygen atoms in total. The molecule has 0 radical (unpaired) electrons. The van der Waals surface area contributed by atoms with Crippen molar-refractivity contribution in [3.8, 4) is 0 Å². The molecule has 1 aromatic rings. The van der Waals surface area contributed by atoms with Crippen molar-refractivity contribution in [1.82, 2.24) is 5.48 Å². The van der Waals surface area contributed by atoms with Crippen LogP contribution in [0.1, 0.15) is 18.4 Å². The van der Waals surface area contributed by atoms with Crippen molar-refractivity contribution in [2.75, 3.05) is 12.8 Å². The van der Waals surface area contributed by atoms with Crippen LogP contribution in [0.2, 0.25) is 0 Å². The van der Waals surface area contributed by atoms with Gasteiger partial charge in [-0.05, 0) is 24.7 Å². The van der Waals surface area contributed by atoms with Crippen LogP contribution in [0.3, 0.4) is 0 Å². The molecule has 82 valence electrons. The minimum absolute atomic E-state index is 0.469. The van der Waals surface area contributed by atoms with E-state index in [4.69, 9.17) is 4.84 Å². The third-order valence-corrected chi connectivity index (χ3v) is 4.24. The molecule has 1 saturated carbocycles. The van der Waals surface area contributed by atoms with Gasteiger partial charge in [0, 0.05) is 11.3 Å². The molecule has 0 unspecified atom stereocenters. The van der Waals surface area contributed by atoms with Crippen LogP contribution in [0.5, 0.6) is 0 Å². The maximum Gasteiger partial charge on any atom is 0.0933 e. The van der Waals surface area contributed by atoms with Gasteiger partial charge in [0.25, 0.3) is 0 Å². The number of benzene rings is 1. The fraction of sp³-hybridized carbons (Fsp3) is 0.500. The van der Waals surface area contributed by atoms with E-state index in [-0.39, 0.29) is 0 Å². The van der Waals surface area contributed by atoms with Crippen LogP contribution in [-0.4, -0.2) is 17.5 Å². The van der Waals surface area contributed by atoms with Gasteiger partial charge < -0.3 is 0 Å². The predicted molar refractivity (Wildman–Crippen MR) is 64.7 cm³/mol. The minimum Gasteiger partial charge on any atom is -0.297 e. The summed E-state index contributed by atoms with van der Waals surface area (Å²) >= 11 is 1.94. The summed E-state index contributed by atoms with van der Waals surface area (Å²) in [7, 11) is 0. The number of hydroxylamine groups is 1. The maximum atomic E-state index is 5.43. The van der Waals surface area contributed by atoms with Crippen molar-refractivity contribution < 1.29 is 4.84 Å². The first kappa shape index (κ1) is 11.0. The Morgan fingerprint density at radius 3 is 2.67 bits per heavy atom. The Morgan fingerprint density at radius 1 is 1.33 bits per heavy atom. The van der Waals surface area contributed by atoms with Crippen molar-refractivity contribution in [1.29, 1.82) is 0 Å². The lowest BCUT2D eigenvalue weighted by Gasteiger charge is -2.12. The van der Waals surface area contributed by atoms with E-state index in [2.05, 4.69) is 23.9 Å². The summed E-state index contributed by atoms with van der Waals surface area (Å²) in [5, 5.41) is 0. The molecule has 0 saturated heterocycles. The van der Waals surface area contributed by atoms with Gasteiger partial charge >= 0.3 is 0 Å². The smallest absolute Gasteiger partial charge is 0.0933 e. The second-order valence-electron chi connectivity index (χ2n) is 3.98. The van der Waals surface area contributed by atoms with Gasteiger partial charge in [0.2, 0.25) is 0 Å². The van der Waals surface area contributed by atoms with E-state index < -0.39 is 0 Å². The highest BCUT2D eigenvalue weighted by Crippen LogP contribution is 2.46. The van der Waals surface area contributed by atoms with E-state index >= 15 is 0 Å². The number of rotatable bonds is 6. The first-order chi connectivity index (χ1) is 7.35. The molecule has 0 aliphatic heterocycles. The molecule has 0 amide bonds. The maximum absolute atomic E-state index is 5.43. The van der Waals surface area contributed by atoms with E-state index in [0.717, 1.165) is 6.54 Å². The highest BCUT2D eigenvalue weighted by atomic mass is 32.2. The summed E-state index contributed by atoms with van der Waals surface area (Å²) in [6.07, 6.45) is 4.80. The summed E-state index contributed by atoms with van der Waals surface area (Å²) in [4.78, 5) is 5.43. The van der Waals surface area contributed by atoms with Crippen molar-refractivity contribution in [2.45, 2.75) is 24.2 Å². The summed E-state index contributed by atoms with van der Waals surface area (Å²) in [5.74, 6) is 0. The van der Waals surface area contributed by atoms with E-state index in [0.29, 0.717) is 11.4 Å². The molecule has 0 bridgehead atoms. The fourth-order valence-electron chi connectivity index (χ4n) is 1.48. The van der Waals surface area contributed by atoms with Gasteiger partial charge in [-0.25, -0.2) is 5.48 Å². The first-order valence-electron chi connectivity index (χ1n) is 5.28. The first-order valence-corrected chi connectivity index (χ1v) is 6.51. The summed E-state index contributed by atoms with van der Waals surface area (Å²) in [5.41, 5.74) is 4.27. The van der Waals surface area contributed by atoms with Gasteiger partial charge in [0.15, 0.2) is 0 Å². The standard InChI is InChI=1S/C12H17NOS/c1-15-12(7-8-12)10-13-14-9-11-5-3-2-4-6-11/h2-6,13H,7-10H2,1H3. The van der Waals surface area contributed by atoms with Crippen LogP contribution in [0.4, 0.5) is 0 Å². The lowest BCUT2D eigenvalue weighted by molar-refractivity contribution is 0.0275. The highest BCUT2D eigenvalue weighted by molar-refractivity contribution is 8.00. The Balaban J connectivity index is 1.63. The SMILES string of the molecule is CSC1(CNOCc2ccccc2)CC1. The minimum atomic E-state index is 0.469. The van der Waals surface area contributed by atoms with Gasteiger partial charge in [-0.15, -0.1) is 0 Å². The van der Waals surface area contributed by atoms with Gasteiger partial charge in [-0.1, -0.05) is 30.3 Å². The molecule has 1 aliphatic rings. The van der Waals surface area contributed by atoms with Gasteiger partial charge in [0.05, 0.1) is 6.61 Å². The monoisotopic (exact) mass is 223 g/mol. The number of thioether (sulfide) groups is 1. The molecule has 2 rings (SSSR count). The fourth-order valence-corrected chi connectivity index (χ4v) is 2.20. The van der Waals surface area contributed by atoms with Crippen LogP contribution in [-0.2, 0) is 11.4 Å². The van der Waals surface area contributed by atoms with E-state index in [1.807, 2.05) is 30.0 Å². The summed E-state index contributed by atoms with van der Waals surface area (Å²) in [6, 6.07) is 10.2. The molecule has 0 spiro atoms. The molecule has 0 aromatic heterocycles. The summed E-state index contributed by atoms with van der Waals surface area (Å²) < 4.78 is 0.469. The molecule has 1 fully saturated rings. The Labute approximate surface area is 95.4 Å². The van der Waals surface area contributed by atoms with Gasteiger partial charge in [-0.2, -0.15) is 11.8 Å². The molecular formula is C12H17NOS. The number of nitrogens with one attached hydrogen (secondary N) is 1. The van der Waals surface area contributed by atoms with Crippen molar-refractivity contribution in [3.63, 3.8) is 0 Å². The Bertz CT molecular complexity index is 298. The van der Waals surface area contributed by atoms with Crippen molar-refractivity contribution in [3.05, 3.63) is 35.9 Å². The quantitative estimate of drug-likeness (QED) is 0.591. The van der Waals surface area contributed by atoms with E-state index in [1.165, 1.54) is 18.4 Å². The topological polar surface area (TPSA) is 21.3 Å². The van der Waals surface area contributed by atoms with E-state index in [1.54, 1.807) is 0 Å². The largest absolute Gasteiger partial charge is 0.297 e. The molecule has 15 heavy (non-hydrogen) atoms. The third kappa shape index (κ3) is 3.23. The zero-order valence-electron chi connectivity index (χ0n) is 9.03. The highest BCUT2D eigenvalue weighted by Gasteiger charge is 2.41. The number of hydrogen-bond acceptors (Lipinski definition) is 3. The zero-order chi connectivity index (χ0) is 10.6. The third-order valence-electron chi connectivity index (χ3n) is 2.82. The second-order valence-corrected chi connectivity index (χ2v) is 5.26. The lowest BCUT2D eigenvalue weighted by atomic mass is 10.2. The van der Waals surface area contributed by atoms with Crippen molar-refractivity contribution >= 4 is 11.8 Å². The average molecular weight is 223 g/mol. The Morgan fingerprint density at radius 2 is 2.07 bits per heavy atom. The van der Waals surface area contributed by atoms with Crippen LogP contribution in [0.15, 0.2) is 30.3 Å². The van der Waals surface area contributed by atoms with Crippen LogP contribution in [0, 0.1) is 0 Å². The molecule has 0 atom stereocenters. The Hall–Kier alpha value is -0.510. The average Bonchev–Trinajstić information content (AvgIpc) is 3.07. The van der Waals surface area contributed by atoms with Crippen LogP contribution >= 0.6 is 11.8 Å². The summed E-state index contributed by atoms with van der Waals surface area (Å²) in [6.45, 7) is 1.60. The molecule has 1 aliphatic carbocycles. The zero-order valence-corrected chi connectivity index (χ0v) is 9.85. The molecular weight excluding hydrogens is 206 g/mol. The molecule has 1 N–H and O–H groups in total. The number of hydrogen-bond donors (Lipinski definition) is 1. The molecule has 1 aromatic carbocycles. The predicted octanol–water partition coefficient (Wildman–Crippen LogP) is 2.60. The van der Waals surface area contributed by atoms with Crippen molar-refractivity contribution in [2.24, 2.45) is 0 Å². The Kier molecular flexibility index (Phi) is 3.67. The van der Waals surface area contributed by atoms with Crippen LogP contribution in [0.25, 0.3) is 0 Å². The molecule has 0 heterocycles. The van der Waals surface area contributed by atoms with Gasteiger partial charge in [0.1, 0.15) is 0 Å². The molecule has 3 heteroatoms. The normalized spacial score (nSPS) is 17.7. The second kappa shape index (κ2) is 5.01.